The lowest BCUT2D eigenvalue weighted by atomic mass is 9.96. The van der Waals surface area contributed by atoms with E-state index in [1.807, 2.05) is 24.3 Å². The average molecular weight is 383 g/mol. The Morgan fingerprint density at radius 3 is 2.27 bits per heavy atom. The summed E-state index contributed by atoms with van der Waals surface area (Å²) in [6.07, 6.45) is 5.79. The molecule has 5 nitrogen and oxygen atoms in total. The van der Waals surface area contributed by atoms with Crippen molar-refractivity contribution in [1.29, 1.82) is 0 Å². The molecule has 1 atom stereocenters. The van der Waals surface area contributed by atoms with Crippen LogP contribution in [0.15, 0.2) is 36.9 Å². The lowest BCUT2D eigenvalue weighted by molar-refractivity contribution is -0.150. The van der Waals surface area contributed by atoms with Gasteiger partial charge in [-0.2, -0.15) is 0 Å². The van der Waals surface area contributed by atoms with Crippen LogP contribution < -0.4 is 4.18 Å². The van der Waals surface area contributed by atoms with Gasteiger partial charge >= 0.3 is 11.9 Å². The lowest BCUT2D eigenvalue weighted by Gasteiger charge is -2.43. The molecule has 1 aromatic rings. The summed E-state index contributed by atoms with van der Waals surface area (Å²) >= 11 is 0. The molecule has 1 N–H and O–H groups in total. The van der Waals surface area contributed by atoms with Gasteiger partial charge in [0.25, 0.3) is 0 Å². The molecule has 0 bridgehead atoms. The maximum absolute atomic E-state index is 11.7. The molecule has 0 aliphatic carbocycles. The Morgan fingerprint density at radius 2 is 1.81 bits per heavy atom. The van der Waals surface area contributed by atoms with Crippen LogP contribution in [0.25, 0.3) is 0 Å². The van der Waals surface area contributed by atoms with Gasteiger partial charge in [0.15, 0.2) is 0 Å². The molecule has 0 heterocycles. The normalized spacial score (nSPS) is 13.6. The van der Waals surface area contributed by atoms with Crippen LogP contribution in [-0.2, 0) is 20.7 Å². The molecule has 0 radical (unpaired) electrons. The maximum atomic E-state index is 11.7. The van der Waals surface area contributed by atoms with E-state index in [4.69, 9.17) is 8.92 Å². The molecule has 146 valence electrons. The van der Waals surface area contributed by atoms with E-state index in [9.17, 15) is 14.7 Å². The number of carbonyl (C=O) groups is 2. The van der Waals surface area contributed by atoms with Gasteiger partial charge in [0.05, 0.1) is 12.3 Å². The Hall–Kier alpha value is -1.95. The van der Waals surface area contributed by atoms with E-state index in [-0.39, 0.29) is 24.2 Å². The van der Waals surface area contributed by atoms with E-state index in [0.717, 1.165) is 11.3 Å². The Morgan fingerprint density at radius 1 is 1.23 bits per heavy atom. The Kier molecular flexibility index (Phi) is 7.75. The van der Waals surface area contributed by atoms with Crippen molar-refractivity contribution in [2.24, 2.45) is 5.92 Å². The zero-order valence-electron chi connectivity index (χ0n) is 16.3. The smallest absolute Gasteiger partial charge is 0.307 e. The first-order chi connectivity index (χ1) is 12.0. The van der Waals surface area contributed by atoms with Gasteiger partial charge in [-0.25, -0.2) is 0 Å². The van der Waals surface area contributed by atoms with E-state index < -0.39 is 28.2 Å². The summed E-state index contributed by atoms with van der Waals surface area (Å²) in [6, 6.07) is 7.40. The van der Waals surface area contributed by atoms with Gasteiger partial charge < -0.3 is 14.0 Å². The third kappa shape index (κ3) is 6.75. The topological polar surface area (TPSA) is 72.8 Å². The first kappa shape index (κ1) is 22.1. The van der Waals surface area contributed by atoms with Crippen LogP contribution in [0.1, 0.15) is 32.8 Å². The third-order valence-electron chi connectivity index (χ3n) is 4.31. The Labute approximate surface area is 157 Å². The van der Waals surface area contributed by atoms with Crippen molar-refractivity contribution in [2.45, 2.75) is 38.4 Å². The van der Waals surface area contributed by atoms with E-state index >= 15 is 0 Å². The van der Waals surface area contributed by atoms with Crippen molar-refractivity contribution in [3.63, 3.8) is 0 Å². The summed E-state index contributed by atoms with van der Waals surface area (Å²) < 4.78 is 11.1. The van der Waals surface area contributed by atoms with Crippen LogP contribution in [0.2, 0.25) is 0 Å². The summed E-state index contributed by atoms with van der Waals surface area (Å²) in [7, 11) is -1.29. The fraction of sp³-hybridized carbons (Fsp3) is 0.500. The van der Waals surface area contributed by atoms with Crippen LogP contribution in [0.3, 0.4) is 0 Å². The molecule has 0 amide bonds. The van der Waals surface area contributed by atoms with Gasteiger partial charge in [-0.3, -0.25) is 9.59 Å². The standard InChI is InChI=1S/C20H30O5S/c1-7-12-24-18(21)14-16(19(22)23)13-15-8-10-17(11-9-15)25-26(5,6)20(2,3)4/h7-11,16H,1,12-14H2,2-6H3,(H,22,23)/t16-/m1/s1. The summed E-state index contributed by atoms with van der Waals surface area (Å²) in [6.45, 7) is 10.0. The van der Waals surface area contributed by atoms with Gasteiger partial charge in [0.2, 0.25) is 0 Å². The minimum absolute atomic E-state index is 0.0475. The molecule has 0 spiro atoms. The molecule has 0 aliphatic rings. The number of hydrogen-bond donors (Lipinski definition) is 1. The molecule has 1 rings (SSSR count). The monoisotopic (exact) mass is 382 g/mol. The predicted octanol–water partition coefficient (Wildman–Crippen LogP) is 4.21. The molecule has 0 fully saturated rings. The number of carboxylic acids is 1. The summed E-state index contributed by atoms with van der Waals surface area (Å²) in [5.41, 5.74) is 0.838. The summed E-state index contributed by atoms with van der Waals surface area (Å²) in [5, 5.41) is 9.36. The Balaban J connectivity index is 2.76. The SMILES string of the molecule is C=CCOC(=O)C[C@@H](Cc1ccc(OS(C)(C)C(C)(C)C)cc1)C(=O)O. The van der Waals surface area contributed by atoms with Crippen LogP contribution in [0.4, 0.5) is 0 Å². The number of benzene rings is 1. The number of carboxylic acid groups (broad SMARTS) is 1. The highest BCUT2D eigenvalue weighted by atomic mass is 32.3. The van der Waals surface area contributed by atoms with E-state index in [0.29, 0.717) is 0 Å². The Bertz CT molecular complexity index is 629. The second kappa shape index (κ2) is 9.12. The fourth-order valence-corrected chi connectivity index (χ4v) is 2.83. The molecule has 26 heavy (non-hydrogen) atoms. The van der Waals surface area contributed by atoms with Gasteiger partial charge in [-0.1, -0.05) is 35.1 Å². The van der Waals surface area contributed by atoms with Crippen LogP contribution >= 0.6 is 10.3 Å². The van der Waals surface area contributed by atoms with Gasteiger partial charge in [0.1, 0.15) is 12.4 Å². The number of ether oxygens (including phenoxy) is 1. The molecule has 0 aliphatic heterocycles. The first-order valence-electron chi connectivity index (χ1n) is 8.47. The van der Waals surface area contributed by atoms with E-state index in [1.54, 1.807) is 0 Å². The molecule has 0 aromatic heterocycles. The number of esters is 1. The van der Waals surface area contributed by atoms with Crippen molar-refractivity contribution in [3.8, 4) is 5.75 Å². The van der Waals surface area contributed by atoms with Gasteiger partial charge in [-0.15, -0.1) is 0 Å². The van der Waals surface area contributed by atoms with Crippen molar-refractivity contribution in [1.82, 2.24) is 0 Å². The molecule has 0 saturated carbocycles. The zero-order chi connectivity index (χ0) is 20.0. The quantitative estimate of drug-likeness (QED) is 0.512. The van der Waals surface area contributed by atoms with Crippen LogP contribution in [0, 0.1) is 5.92 Å². The fourth-order valence-electron chi connectivity index (χ4n) is 1.99. The van der Waals surface area contributed by atoms with E-state index in [2.05, 4.69) is 39.9 Å². The maximum Gasteiger partial charge on any atom is 0.307 e. The first-order valence-corrected chi connectivity index (χ1v) is 10.8. The lowest BCUT2D eigenvalue weighted by Crippen LogP contribution is -2.27. The summed E-state index contributed by atoms with van der Waals surface area (Å²) in [4.78, 5) is 23.1. The third-order valence-corrected chi connectivity index (χ3v) is 7.87. The minimum Gasteiger partial charge on any atom is -0.481 e. The molecule has 6 heteroatoms. The van der Waals surface area contributed by atoms with E-state index in [1.165, 1.54) is 6.08 Å². The highest BCUT2D eigenvalue weighted by Crippen LogP contribution is 2.53. The molecule has 0 unspecified atom stereocenters. The van der Waals surface area contributed by atoms with Gasteiger partial charge in [0, 0.05) is 4.75 Å². The number of carbonyl (C=O) groups excluding carboxylic acids is 1. The second-order valence-corrected chi connectivity index (χ2v) is 11.3. The highest BCUT2D eigenvalue weighted by molar-refractivity contribution is 8.30. The average Bonchev–Trinajstić information content (AvgIpc) is 2.52. The number of hydrogen-bond acceptors (Lipinski definition) is 4. The second-order valence-electron chi connectivity index (χ2n) is 7.49. The van der Waals surface area contributed by atoms with Crippen LogP contribution in [0.5, 0.6) is 5.75 Å². The van der Waals surface area contributed by atoms with Crippen molar-refractivity contribution in [3.05, 3.63) is 42.5 Å². The minimum atomic E-state index is -1.29. The van der Waals surface area contributed by atoms with Crippen molar-refractivity contribution in [2.75, 3.05) is 19.1 Å². The zero-order valence-corrected chi connectivity index (χ0v) is 17.1. The predicted molar refractivity (Wildman–Crippen MR) is 107 cm³/mol. The highest BCUT2D eigenvalue weighted by Gasteiger charge is 2.30. The summed E-state index contributed by atoms with van der Waals surface area (Å²) in [5.74, 6) is -1.61. The van der Waals surface area contributed by atoms with Crippen molar-refractivity contribution >= 4 is 22.2 Å². The largest absolute Gasteiger partial charge is 0.481 e. The van der Waals surface area contributed by atoms with Crippen molar-refractivity contribution < 1.29 is 23.6 Å². The van der Waals surface area contributed by atoms with Gasteiger partial charge in [-0.05, 0) is 57.4 Å². The number of aliphatic carboxylic acids is 1. The molecular weight excluding hydrogens is 352 g/mol. The number of rotatable bonds is 9. The van der Waals surface area contributed by atoms with Crippen LogP contribution in [-0.4, -0.2) is 40.9 Å². The molecule has 0 saturated heterocycles. The molecule has 1 aromatic carbocycles. The molecular formula is C20H30O5S.